The van der Waals surface area contributed by atoms with Gasteiger partial charge in [-0.1, -0.05) is 13.8 Å². The first-order chi connectivity index (χ1) is 6.79. The number of likely N-dealkylation sites (tertiary alicyclic amines) is 1. The molecular weight excluding hydrogens is 174 g/mol. The quantitative estimate of drug-likeness (QED) is 0.673. The molecule has 14 heavy (non-hydrogen) atoms. The zero-order valence-electron chi connectivity index (χ0n) is 9.54. The molecule has 0 bridgehead atoms. The molecule has 2 rings (SSSR count). The molecule has 1 atom stereocenters. The third-order valence-corrected chi connectivity index (χ3v) is 3.77. The van der Waals surface area contributed by atoms with E-state index in [0.717, 1.165) is 31.2 Å². The molecule has 0 aromatic heterocycles. The van der Waals surface area contributed by atoms with E-state index in [-0.39, 0.29) is 0 Å². The fraction of sp³-hybridized carbons (Fsp3) is 1.00. The average Bonchev–Trinajstić information content (AvgIpc) is 2.67. The first-order valence-electron chi connectivity index (χ1n) is 6.12. The zero-order valence-corrected chi connectivity index (χ0v) is 9.54. The highest BCUT2D eigenvalue weighted by Crippen LogP contribution is 2.29. The molecule has 2 aliphatic heterocycles. The topological polar surface area (TPSA) is 12.5 Å². The number of hydrogen-bond donors (Lipinski definition) is 0. The lowest BCUT2D eigenvalue weighted by Gasteiger charge is -2.37. The Labute approximate surface area is 87.6 Å². The third-order valence-electron chi connectivity index (χ3n) is 3.77. The molecule has 0 amide bonds. The van der Waals surface area contributed by atoms with E-state index in [4.69, 9.17) is 4.74 Å². The van der Waals surface area contributed by atoms with Gasteiger partial charge in [-0.15, -0.1) is 0 Å². The van der Waals surface area contributed by atoms with Crippen molar-refractivity contribution in [2.75, 3.05) is 19.8 Å². The normalized spacial score (nSPS) is 31.5. The molecule has 0 aliphatic carbocycles. The largest absolute Gasteiger partial charge is 0.381 e. The molecule has 2 heterocycles. The maximum absolute atomic E-state index is 5.43. The Bertz CT molecular complexity index is 175. The Kier molecular flexibility index (Phi) is 3.45. The average molecular weight is 197 g/mol. The van der Waals surface area contributed by atoms with Gasteiger partial charge in [-0.05, 0) is 38.1 Å². The molecule has 0 spiro atoms. The fourth-order valence-corrected chi connectivity index (χ4v) is 3.00. The third kappa shape index (κ3) is 2.12. The van der Waals surface area contributed by atoms with Gasteiger partial charge in [-0.2, -0.15) is 0 Å². The monoisotopic (exact) mass is 197 g/mol. The number of rotatable bonds is 2. The molecule has 0 saturated carbocycles. The van der Waals surface area contributed by atoms with Crippen LogP contribution >= 0.6 is 0 Å². The van der Waals surface area contributed by atoms with Gasteiger partial charge in [-0.25, -0.2) is 0 Å². The Morgan fingerprint density at radius 1 is 1.14 bits per heavy atom. The highest BCUT2D eigenvalue weighted by atomic mass is 16.5. The standard InChI is InChI=1S/C12H23NO/c1-10(2)12-4-3-7-13(12)11-5-8-14-9-6-11/h10-12H,3-9H2,1-2H3. The first kappa shape index (κ1) is 10.4. The summed E-state index contributed by atoms with van der Waals surface area (Å²) in [5.74, 6) is 0.820. The summed E-state index contributed by atoms with van der Waals surface area (Å²) in [6.45, 7) is 8.01. The van der Waals surface area contributed by atoms with Crippen LogP contribution in [0.25, 0.3) is 0 Å². The van der Waals surface area contributed by atoms with Crippen molar-refractivity contribution >= 4 is 0 Å². The maximum atomic E-state index is 5.43. The maximum Gasteiger partial charge on any atom is 0.0480 e. The molecular formula is C12H23NO. The van der Waals surface area contributed by atoms with Gasteiger partial charge >= 0.3 is 0 Å². The summed E-state index contributed by atoms with van der Waals surface area (Å²) in [4.78, 5) is 2.76. The summed E-state index contributed by atoms with van der Waals surface area (Å²) in [6.07, 6.45) is 5.32. The second-order valence-corrected chi connectivity index (χ2v) is 5.03. The van der Waals surface area contributed by atoms with Gasteiger partial charge in [0.15, 0.2) is 0 Å². The SMILES string of the molecule is CC(C)C1CCCN1C1CCOCC1. The molecule has 82 valence electrons. The van der Waals surface area contributed by atoms with E-state index in [2.05, 4.69) is 18.7 Å². The first-order valence-corrected chi connectivity index (χ1v) is 6.12. The molecule has 0 radical (unpaired) electrons. The molecule has 2 heteroatoms. The summed E-state index contributed by atoms with van der Waals surface area (Å²) in [5.41, 5.74) is 0. The summed E-state index contributed by atoms with van der Waals surface area (Å²) in [7, 11) is 0. The van der Waals surface area contributed by atoms with Crippen LogP contribution in [0.2, 0.25) is 0 Å². The van der Waals surface area contributed by atoms with E-state index in [1.807, 2.05) is 0 Å². The van der Waals surface area contributed by atoms with Crippen molar-refractivity contribution in [1.82, 2.24) is 4.90 Å². The van der Waals surface area contributed by atoms with Gasteiger partial charge in [0.05, 0.1) is 0 Å². The number of hydrogen-bond acceptors (Lipinski definition) is 2. The predicted molar refractivity (Wildman–Crippen MR) is 58.4 cm³/mol. The van der Waals surface area contributed by atoms with Gasteiger partial charge < -0.3 is 4.74 Å². The van der Waals surface area contributed by atoms with Crippen LogP contribution < -0.4 is 0 Å². The van der Waals surface area contributed by atoms with Gasteiger partial charge in [0, 0.05) is 25.3 Å². The minimum atomic E-state index is 0.818. The van der Waals surface area contributed by atoms with Crippen LogP contribution in [0.3, 0.4) is 0 Å². The Hall–Kier alpha value is -0.0800. The van der Waals surface area contributed by atoms with Gasteiger partial charge in [-0.3, -0.25) is 4.90 Å². The molecule has 0 N–H and O–H groups in total. The molecule has 0 aromatic carbocycles. The van der Waals surface area contributed by atoms with Crippen LogP contribution in [0.15, 0.2) is 0 Å². The Balaban J connectivity index is 1.94. The second kappa shape index (κ2) is 4.63. The van der Waals surface area contributed by atoms with Crippen molar-refractivity contribution in [3.05, 3.63) is 0 Å². The van der Waals surface area contributed by atoms with Crippen molar-refractivity contribution in [2.45, 2.75) is 51.6 Å². The van der Waals surface area contributed by atoms with Crippen LogP contribution in [0.5, 0.6) is 0 Å². The van der Waals surface area contributed by atoms with Crippen LogP contribution in [0.1, 0.15) is 39.5 Å². The zero-order chi connectivity index (χ0) is 9.97. The highest BCUT2D eigenvalue weighted by Gasteiger charge is 2.32. The van der Waals surface area contributed by atoms with Gasteiger partial charge in [0.1, 0.15) is 0 Å². The molecule has 0 aromatic rings. The smallest absolute Gasteiger partial charge is 0.0480 e. The van der Waals surface area contributed by atoms with Gasteiger partial charge in [0.2, 0.25) is 0 Å². The van der Waals surface area contributed by atoms with Crippen molar-refractivity contribution < 1.29 is 4.74 Å². The molecule has 2 aliphatic rings. The van der Waals surface area contributed by atoms with E-state index in [9.17, 15) is 0 Å². The van der Waals surface area contributed by atoms with Crippen molar-refractivity contribution in [3.63, 3.8) is 0 Å². The minimum absolute atomic E-state index is 0.818. The van der Waals surface area contributed by atoms with E-state index in [1.165, 1.54) is 32.2 Å². The predicted octanol–water partition coefficient (Wildman–Crippen LogP) is 2.29. The number of nitrogens with zero attached hydrogens (tertiary/aromatic N) is 1. The van der Waals surface area contributed by atoms with Gasteiger partial charge in [0.25, 0.3) is 0 Å². The van der Waals surface area contributed by atoms with E-state index in [1.54, 1.807) is 0 Å². The van der Waals surface area contributed by atoms with E-state index in [0.29, 0.717) is 0 Å². The van der Waals surface area contributed by atoms with E-state index >= 15 is 0 Å². The summed E-state index contributed by atoms with van der Waals surface area (Å²) in [5, 5.41) is 0. The van der Waals surface area contributed by atoms with Crippen molar-refractivity contribution in [1.29, 1.82) is 0 Å². The lowest BCUT2D eigenvalue weighted by Crippen LogP contribution is -2.44. The van der Waals surface area contributed by atoms with Crippen LogP contribution in [0, 0.1) is 5.92 Å². The molecule has 2 nitrogen and oxygen atoms in total. The number of ether oxygens (including phenoxy) is 1. The summed E-state index contributed by atoms with van der Waals surface area (Å²) in [6, 6.07) is 1.66. The summed E-state index contributed by atoms with van der Waals surface area (Å²) >= 11 is 0. The highest BCUT2D eigenvalue weighted by molar-refractivity contribution is 4.87. The van der Waals surface area contributed by atoms with Crippen LogP contribution in [-0.2, 0) is 4.74 Å². The van der Waals surface area contributed by atoms with Crippen LogP contribution in [-0.4, -0.2) is 36.7 Å². The second-order valence-electron chi connectivity index (χ2n) is 5.03. The lowest BCUT2D eigenvalue weighted by atomic mass is 9.98. The van der Waals surface area contributed by atoms with E-state index < -0.39 is 0 Å². The Morgan fingerprint density at radius 3 is 2.50 bits per heavy atom. The summed E-state index contributed by atoms with van der Waals surface area (Å²) < 4.78 is 5.43. The molecule has 2 fully saturated rings. The minimum Gasteiger partial charge on any atom is -0.381 e. The van der Waals surface area contributed by atoms with Crippen molar-refractivity contribution in [3.8, 4) is 0 Å². The fourth-order valence-electron chi connectivity index (χ4n) is 3.00. The lowest BCUT2D eigenvalue weighted by molar-refractivity contribution is 0.0224. The van der Waals surface area contributed by atoms with Crippen LogP contribution in [0.4, 0.5) is 0 Å². The molecule has 2 saturated heterocycles. The molecule has 1 unspecified atom stereocenters. The van der Waals surface area contributed by atoms with Crippen molar-refractivity contribution in [2.24, 2.45) is 5.92 Å². The Morgan fingerprint density at radius 2 is 1.86 bits per heavy atom.